The minimum atomic E-state index is -1.03. The van der Waals surface area contributed by atoms with Crippen LogP contribution < -0.4 is 10.1 Å². The van der Waals surface area contributed by atoms with Gasteiger partial charge >= 0.3 is 5.97 Å². The predicted molar refractivity (Wildman–Crippen MR) is 96.5 cm³/mol. The standard InChI is InChI=1S/C20H23NO4/c1-13(2)20(23)25-18(15-8-6-5-7-9-15)19(22)21-16-12-14(3)10-11-17(16)24-4/h5-13,18H,1-4H3,(H,21,22)/t18-/m0/s1. The third-order valence-corrected chi connectivity index (χ3v) is 3.66. The van der Waals surface area contributed by atoms with Gasteiger partial charge in [-0.05, 0) is 24.6 Å². The second-order valence-corrected chi connectivity index (χ2v) is 6.08. The summed E-state index contributed by atoms with van der Waals surface area (Å²) in [6.45, 7) is 5.38. The lowest BCUT2D eigenvalue weighted by Gasteiger charge is -2.20. The lowest BCUT2D eigenvalue weighted by Crippen LogP contribution is -2.27. The summed E-state index contributed by atoms with van der Waals surface area (Å²) in [4.78, 5) is 24.8. The second-order valence-electron chi connectivity index (χ2n) is 6.08. The molecule has 1 atom stereocenters. The lowest BCUT2D eigenvalue weighted by molar-refractivity contribution is -0.157. The topological polar surface area (TPSA) is 64.6 Å². The first kappa shape index (κ1) is 18.5. The summed E-state index contributed by atoms with van der Waals surface area (Å²) in [5, 5.41) is 2.80. The van der Waals surface area contributed by atoms with Gasteiger partial charge in [-0.1, -0.05) is 50.2 Å². The number of carbonyl (C=O) groups excluding carboxylic acids is 2. The molecule has 0 saturated heterocycles. The molecule has 0 spiro atoms. The van der Waals surface area contributed by atoms with E-state index in [0.717, 1.165) is 5.56 Å². The summed E-state index contributed by atoms with van der Waals surface area (Å²) >= 11 is 0. The van der Waals surface area contributed by atoms with Crippen molar-refractivity contribution in [3.63, 3.8) is 0 Å². The molecule has 0 aliphatic rings. The van der Waals surface area contributed by atoms with Gasteiger partial charge in [0.2, 0.25) is 6.10 Å². The summed E-state index contributed by atoms with van der Waals surface area (Å²) < 4.78 is 10.7. The maximum atomic E-state index is 12.8. The zero-order valence-electron chi connectivity index (χ0n) is 14.9. The van der Waals surface area contributed by atoms with Crippen LogP contribution in [-0.4, -0.2) is 19.0 Å². The van der Waals surface area contributed by atoms with Gasteiger partial charge in [0.15, 0.2) is 0 Å². The normalized spacial score (nSPS) is 11.7. The summed E-state index contributed by atoms with van der Waals surface area (Å²) in [5.74, 6) is -0.641. The largest absolute Gasteiger partial charge is 0.495 e. The number of methoxy groups -OCH3 is 1. The number of aryl methyl sites for hydroxylation is 1. The average Bonchev–Trinajstić information content (AvgIpc) is 2.60. The maximum Gasteiger partial charge on any atom is 0.309 e. The molecule has 0 aliphatic carbocycles. The molecule has 1 N–H and O–H groups in total. The zero-order valence-corrected chi connectivity index (χ0v) is 14.9. The van der Waals surface area contributed by atoms with Crippen molar-refractivity contribution < 1.29 is 19.1 Å². The number of esters is 1. The van der Waals surface area contributed by atoms with E-state index < -0.39 is 18.0 Å². The molecule has 25 heavy (non-hydrogen) atoms. The number of carbonyl (C=O) groups is 2. The summed E-state index contributed by atoms with van der Waals surface area (Å²) in [7, 11) is 1.54. The average molecular weight is 341 g/mol. The van der Waals surface area contributed by atoms with Crippen LogP contribution in [0.1, 0.15) is 31.1 Å². The number of amides is 1. The number of ether oxygens (including phenoxy) is 2. The van der Waals surface area contributed by atoms with Crippen LogP contribution in [0.3, 0.4) is 0 Å². The highest BCUT2D eigenvalue weighted by atomic mass is 16.5. The molecule has 0 fully saturated rings. The fraction of sp³-hybridized carbons (Fsp3) is 0.300. The monoisotopic (exact) mass is 341 g/mol. The fourth-order valence-corrected chi connectivity index (χ4v) is 2.27. The summed E-state index contributed by atoms with van der Waals surface area (Å²) in [6.07, 6.45) is -1.03. The van der Waals surface area contributed by atoms with Crippen LogP contribution >= 0.6 is 0 Å². The highest BCUT2D eigenvalue weighted by Crippen LogP contribution is 2.28. The Balaban J connectivity index is 2.29. The van der Waals surface area contributed by atoms with E-state index in [1.165, 1.54) is 7.11 Å². The Morgan fingerprint density at radius 2 is 1.72 bits per heavy atom. The quantitative estimate of drug-likeness (QED) is 0.810. The SMILES string of the molecule is COc1ccc(C)cc1NC(=O)[C@@H](OC(=O)C(C)C)c1ccccc1. The van der Waals surface area contributed by atoms with Gasteiger partial charge in [0.25, 0.3) is 5.91 Å². The number of hydrogen-bond donors (Lipinski definition) is 1. The molecule has 5 heteroatoms. The van der Waals surface area contributed by atoms with Gasteiger partial charge in [-0.25, -0.2) is 0 Å². The minimum Gasteiger partial charge on any atom is -0.495 e. The van der Waals surface area contributed by atoms with Crippen molar-refractivity contribution >= 4 is 17.6 Å². The Morgan fingerprint density at radius 3 is 2.32 bits per heavy atom. The third kappa shape index (κ3) is 4.83. The molecular formula is C20H23NO4. The maximum absolute atomic E-state index is 12.8. The molecule has 2 aromatic rings. The third-order valence-electron chi connectivity index (χ3n) is 3.66. The number of anilines is 1. The van der Waals surface area contributed by atoms with Crippen LogP contribution in [0.5, 0.6) is 5.75 Å². The van der Waals surface area contributed by atoms with Gasteiger partial charge in [0, 0.05) is 5.56 Å². The van der Waals surface area contributed by atoms with E-state index in [-0.39, 0.29) is 5.92 Å². The van der Waals surface area contributed by atoms with Crippen LogP contribution in [0.2, 0.25) is 0 Å². The Bertz CT molecular complexity index is 741. The van der Waals surface area contributed by atoms with Crippen molar-refractivity contribution in [2.45, 2.75) is 26.9 Å². The van der Waals surface area contributed by atoms with E-state index in [4.69, 9.17) is 9.47 Å². The van der Waals surface area contributed by atoms with E-state index in [1.54, 1.807) is 44.2 Å². The molecular weight excluding hydrogens is 318 g/mol. The van der Waals surface area contributed by atoms with Gasteiger partial charge in [-0.2, -0.15) is 0 Å². The second kappa shape index (κ2) is 8.33. The molecule has 132 valence electrons. The van der Waals surface area contributed by atoms with Gasteiger partial charge in [-0.15, -0.1) is 0 Å². The molecule has 0 saturated carbocycles. The molecule has 5 nitrogen and oxygen atoms in total. The van der Waals surface area contributed by atoms with Crippen molar-refractivity contribution in [2.75, 3.05) is 12.4 Å². The number of benzene rings is 2. The first-order valence-corrected chi connectivity index (χ1v) is 8.13. The first-order chi connectivity index (χ1) is 11.9. The highest BCUT2D eigenvalue weighted by Gasteiger charge is 2.26. The lowest BCUT2D eigenvalue weighted by atomic mass is 10.1. The van der Waals surface area contributed by atoms with Gasteiger partial charge < -0.3 is 14.8 Å². The summed E-state index contributed by atoms with van der Waals surface area (Å²) in [6, 6.07) is 14.4. The van der Waals surface area contributed by atoms with Crippen LogP contribution in [-0.2, 0) is 14.3 Å². The van der Waals surface area contributed by atoms with E-state index in [2.05, 4.69) is 5.32 Å². The van der Waals surface area contributed by atoms with E-state index in [9.17, 15) is 9.59 Å². The van der Waals surface area contributed by atoms with Crippen molar-refractivity contribution in [1.29, 1.82) is 0 Å². The number of nitrogens with one attached hydrogen (secondary N) is 1. The van der Waals surface area contributed by atoms with Crippen molar-refractivity contribution in [3.8, 4) is 5.75 Å². The Hall–Kier alpha value is -2.82. The van der Waals surface area contributed by atoms with E-state index in [0.29, 0.717) is 17.0 Å². The van der Waals surface area contributed by atoms with Gasteiger partial charge in [0.05, 0.1) is 18.7 Å². The van der Waals surface area contributed by atoms with Crippen molar-refractivity contribution in [3.05, 3.63) is 59.7 Å². The Kier molecular flexibility index (Phi) is 6.17. The molecule has 0 unspecified atom stereocenters. The Labute approximate surface area is 148 Å². The predicted octanol–water partition coefficient (Wildman–Crippen LogP) is 3.88. The Morgan fingerprint density at radius 1 is 1.04 bits per heavy atom. The highest BCUT2D eigenvalue weighted by molar-refractivity contribution is 5.97. The zero-order chi connectivity index (χ0) is 18.4. The number of rotatable bonds is 6. The van der Waals surface area contributed by atoms with Crippen LogP contribution in [0, 0.1) is 12.8 Å². The molecule has 0 aromatic heterocycles. The van der Waals surface area contributed by atoms with E-state index >= 15 is 0 Å². The molecule has 0 heterocycles. The van der Waals surface area contributed by atoms with E-state index in [1.807, 2.05) is 25.1 Å². The molecule has 1 amide bonds. The summed E-state index contributed by atoms with van der Waals surface area (Å²) in [5.41, 5.74) is 2.13. The fourth-order valence-electron chi connectivity index (χ4n) is 2.27. The van der Waals surface area contributed by atoms with Gasteiger partial charge in [-0.3, -0.25) is 9.59 Å². The molecule has 0 radical (unpaired) electrons. The first-order valence-electron chi connectivity index (χ1n) is 8.13. The van der Waals surface area contributed by atoms with Crippen LogP contribution in [0.4, 0.5) is 5.69 Å². The van der Waals surface area contributed by atoms with Gasteiger partial charge in [0.1, 0.15) is 5.75 Å². The minimum absolute atomic E-state index is 0.326. The molecule has 0 bridgehead atoms. The van der Waals surface area contributed by atoms with Crippen molar-refractivity contribution in [2.24, 2.45) is 5.92 Å². The van der Waals surface area contributed by atoms with Crippen molar-refractivity contribution in [1.82, 2.24) is 0 Å². The van der Waals surface area contributed by atoms with Crippen LogP contribution in [0.15, 0.2) is 48.5 Å². The smallest absolute Gasteiger partial charge is 0.309 e. The number of hydrogen-bond acceptors (Lipinski definition) is 4. The molecule has 2 aromatic carbocycles. The molecule has 0 aliphatic heterocycles. The van der Waals surface area contributed by atoms with Crippen LogP contribution in [0.25, 0.3) is 0 Å². The molecule has 2 rings (SSSR count).